The molecule has 1 aliphatic heterocycles. The Morgan fingerprint density at radius 2 is 1.97 bits per heavy atom. The fraction of sp³-hybridized carbons (Fsp3) is 0.286. The molecule has 3 aromatic rings. The average Bonchev–Trinajstić information content (AvgIpc) is 3.01. The number of ether oxygens (including phenoxy) is 1. The largest absolute Gasteiger partial charge is 0.484 e. The van der Waals surface area contributed by atoms with Gasteiger partial charge in [0.2, 0.25) is 0 Å². The smallest absolute Gasteiger partial charge is 0.273 e. The van der Waals surface area contributed by atoms with E-state index in [0.29, 0.717) is 5.69 Å². The third-order valence-corrected chi connectivity index (χ3v) is 4.93. The molecule has 0 saturated heterocycles. The summed E-state index contributed by atoms with van der Waals surface area (Å²) in [6, 6.07) is 13.1. The summed E-state index contributed by atoms with van der Waals surface area (Å²) in [6.45, 7) is 0.672. The van der Waals surface area contributed by atoms with Gasteiger partial charge in [0.05, 0.1) is 11.0 Å². The van der Waals surface area contributed by atoms with E-state index in [4.69, 9.17) is 4.74 Å². The van der Waals surface area contributed by atoms with Crippen LogP contribution in [0.15, 0.2) is 48.5 Å². The number of hydrogen-bond donors (Lipinski definition) is 1. The topological polar surface area (TPSA) is 112 Å². The van der Waals surface area contributed by atoms with Crippen LogP contribution >= 0.6 is 0 Å². The second-order valence-electron chi connectivity index (χ2n) is 7.07. The first-order valence-electron chi connectivity index (χ1n) is 9.80. The highest BCUT2D eigenvalue weighted by molar-refractivity contribution is 5.92. The lowest BCUT2D eigenvalue weighted by Gasteiger charge is -2.09. The second-order valence-corrected chi connectivity index (χ2v) is 7.07. The molecule has 0 atom stereocenters. The molecular weight excluding hydrogens is 386 g/mol. The van der Waals surface area contributed by atoms with Crippen molar-refractivity contribution in [3.63, 3.8) is 0 Å². The van der Waals surface area contributed by atoms with E-state index in [1.54, 1.807) is 18.2 Å². The molecule has 0 fully saturated rings. The highest BCUT2D eigenvalue weighted by atomic mass is 16.6. The molecule has 1 aromatic heterocycles. The summed E-state index contributed by atoms with van der Waals surface area (Å²) in [5, 5.41) is 22.2. The normalized spacial score (nSPS) is 13.2. The van der Waals surface area contributed by atoms with Crippen LogP contribution in [0.3, 0.4) is 0 Å². The average molecular weight is 407 g/mol. The van der Waals surface area contributed by atoms with E-state index in [1.807, 2.05) is 12.1 Å². The van der Waals surface area contributed by atoms with Crippen LogP contribution in [0, 0.1) is 10.1 Å². The van der Waals surface area contributed by atoms with Crippen molar-refractivity contribution >= 4 is 17.3 Å². The predicted molar refractivity (Wildman–Crippen MR) is 110 cm³/mol. The van der Waals surface area contributed by atoms with Crippen molar-refractivity contribution in [2.75, 3.05) is 11.9 Å². The predicted octanol–water partition coefficient (Wildman–Crippen LogP) is 3.60. The first kappa shape index (κ1) is 19.6. The molecule has 0 radical (unpaired) electrons. The van der Waals surface area contributed by atoms with E-state index in [1.165, 1.54) is 24.6 Å². The molecule has 1 amide bonds. The first-order valence-corrected chi connectivity index (χ1v) is 9.80. The van der Waals surface area contributed by atoms with Crippen LogP contribution in [0.2, 0.25) is 0 Å². The summed E-state index contributed by atoms with van der Waals surface area (Å²) in [4.78, 5) is 22.4. The zero-order chi connectivity index (χ0) is 20.9. The van der Waals surface area contributed by atoms with Crippen LogP contribution in [0.4, 0.5) is 11.4 Å². The Labute approximate surface area is 172 Å². The standard InChI is InChI=1S/C21H21N5O4/c27-20(14-30-18-6-4-5-17(13-18)26(28)29)22-16-10-8-15(9-11-16)21-24-23-19-7-2-1-3-12-25(19)21/h4-6,8-11,13H,1-3,7,12,14H2,(H,22,27). The van der Waals surface area contributed by atoms with Crippen molar-refractivity contribution in [2.45, 2.75) is 32.2 Å². The molecular formula is C21H21N5O4. The fourth-order valence-electron chi connectivity index (χ4n) is 3.43. The van der Waals surface area contributed by atoms with Gasteiger partial charge in [-0.2, -0.15) is 0 Å². The van der Waals surface area contributed by atoms with Gasteiger partial charge in [-0.3, -0.25) is 14.9 Å². The number of amides is 1. The van der Waals surface area contributed by atoms with Crippen molar-refractivity contribution in [1.82, 2.24) is 14.8 Å². The summed E-state index contributed by atoms with van der Waals surface area (Å²) < 4.78 is 7.52. The lowest BCUT2D eigenvalue weighted by molar-refractivity contribution is -0.384. The Balaban J connectivity index is 1.37. The SMILES string of the molecule is O=C(COc1cccc([N+](=O)[O-])c1)Nc1ccc(-c2nnc3n2CCCCC3)cc1. The number of hydrogen-bond acceptors (Lipinski definition) is 6. The zero-order valence-electron chi connectivity index (χ0n) is 16.3. The zero-order valence-corrected chi connectivity index (χ0v) is 16.3. The van der Waals surface area contributed by atoms with Crippen molar-refractivity contribution in [1.29, 1.82) is 0 Å². The number of nitrogens with zero attached hydrogens (tertiary/aromatic N) is 4. The third-order valence-electron chi connectivity index (χ3n) is 4.93. The summed E-state index contributed by atoms with van der Waals surface area (Å²) in [7, 11) is 0. The third kappa shape index (κ3) is 4.45. The maximum atomic E-state index is 12.2. The number of fused-ring (bicyclic) bond motifs is 1. The highest BCUT2D eigenvalue weighted by Crippen LogP contribution is 2.24. The van der Waals surface area contributed by atoms with Crippen LogP contribution in [0.1, 0.15) is 25.1 Å². The monoisotopic (exact) mass is 407 g/mol. The van der Waals surface area contributed by atoms with E-state index < -0.39 is 4.92 Å². The maximum absolute atomic E-state index is 12.2. The second kappa shape index (κ2) is 8.73. The lowest BCUT2D eigenvalue weighted by atomic mass is 10.2. The van der Waals surface area contributed by atoms with Gasteiger partial charge in [-0.25, -0.2) is 0 Å². The fourth-order valence-corrected chi connectivity index (χ4v) is 3.43. The van der Waals surface area contributed by atoms with Crippen LogP contribution in [0.25, 0.3) is 11.4 Å². The van der Waals surface area contributed by atoms with Crippen molar-refractivity contribution in [2.24, 2.45) is 0 Å². The molecule has 0 saturated carbocycles. The van der Waals surface area contributed by atoms with Gasteiger partial charge in [-0.15, -0.1) is 10.2 Å². The van der Waals surface area contributed by atoms with Gasteiger partial charge in [-0.1, -0.05) is 12.5 Å². The van der Waals surface area contributed by atoms with Gasteiger partial charge in [0.15, 0.2) is 12.4 Å². The molecule has 9 heteroatoms. The van der Waals surface area contributed by atoms with Crippen molar-refractivity contribution < 1.29 is 14.5 Å². The van der Waals surface area contributed by atoms with Gasteiger partial charge in [0.1, 0.15) is 11.6 Å². The first-order chi connectivity index (χ1) is 14.6. The highest BCUT2D eigenvalue weighted by Gasteiger charge is 2.16. The summed E-state index contributed by atoms with van der Waals surface area (Å²) in [5.41, 5.74) is 1.48. The van der Waals surface area contributed by atoms with E-state index in [0.717, 1.165) is 43.0 Å². The summed E-state index contributed by atoms with van der Waals surface area (Å²) >= 11 is 0. The van der Waals surface area contributed by atoms with Gasteiger partial charge in [0, 0.05) is 30.3 Å². The molecule has 0 unspecified atom stereocenters. The molecule has 4 rings (SSSR count). The maximum Gasteiger partial charge on any atom is 0.273 e. The molecule has 30 heavy (non-hydrogen) atoms. The van der Waals surface area contributed by atoms with Crippen LogP contribution in [-0.2, 0) is 17.8 Å². The van der Waals surface area contributed by atoms with Crippen molar-refractivity contribution in [3.05, 3.63) is 64.5 Å². The summed E-state index contributed by atoms with van der Waals surface area (Å²) in [5.74, 6) is 1.78. The van der Waals surface area contributed by atoms with E-state index in [-0.39, 0.29) is 24.0 Å². The number of nitrogens with one attached hydrogen (secondary N) is 1. The molecule has 1 aliphatic rings. The minimum atomic E-state index is -0.511. The Morgan fingerprint density at radius 1 is 1.13 bits per heavy atom. The van der Waals surface area contributed by atoms with E-state index in [9.17, 15) is 14.9 Å². The molecule has 2 heterocycles. The lowest BCUT2D eigenvalue weighted by Crippen LogP contribution is -2.20. The van der Waals surface area contributed by atoms with Crippen LogP contribution < -0.4 is 10.1 Å². The molecule has 0 bridgehead atoms. The minimum Gasteiger partial charge on any atom is -0.484 e. The van der Waals surface area contributed by atoms with Crippen molar-refractivity contribution in [3.8, 4) is 17.1 Å². The molecule has 154 valence electrons. The summed E-state index contributed by atoms with van der Waals surface area (Å²) in [6.07, 6.45) is 4.41. The number of nitro benzene ring substituents is 1. The van der Waals surface area contributed by atoms with Crippen LogP contribution in [-0.4, -0.2) is 32.2 Å². The van der Waals surface area contributed by atoms with Crippen LogP contribution in [0.5, 0.6) is 5.75 Å². The Bertz CT molecular complexity index is 1060. The van der Waals surface area contributed by atoms with E-state index >= 15 is 0 Å². The minimum absolute atomic E-state index is 0.0881. The van der Waals surface area contributed by atoms with Gasteiger partial charge < -0.3 is 14.6 Å². The number of aromatic nitrogens is 3. The molecule has 2 aromatic carbocycles. The number of non-ortho nitro benzene ring substituents is 1. The van der Waals surface area contributed by atoms with Gasteiger partial charge >= 0.3 is 0 Å². The van der Waals surface area contributed by atoms with E-state index in [2.05, 4.69) is 20.1 Å². The number of rotatable bonds is 6. The quantitative estimate of drug-likeness (QED) is 0.494. The molecule has 1 N–H and O–H groups in total. The number of anilines is 1. The Morgan fingerprint density at radius 3 is 2.77 bits per heavy atom. The van der Waals surface area contributed by atoms with Gasteiger partial charge in [0.25, 0.3) is 11.6 Å². The Hall–Kier alpha value is -3.75. The molecule has 9 nitrogen and oxygen atoms in total. The molecule has 0 aliphatic carbocycles. The van der Waals surface area contributed by atoms with Gasteiger partial charge in [-0.05, 0) is 43.2 Å². The number of carbonyl (C=O) groups excluding carboxylic acids is 1. The number of benzene rings is 2. The number of aryl methyl sites for hydroxylation is 1. The number of nitro groups is 1. The molecule has 0 spiro atoms. The number of carbonyl (C=O) groups is 1. The Kier molecular flexibility index (Phi) is 5.69.